The van der Waals surface area contributed by atoms with Crippen LogP contribution < -0.4 is 10.9 Å². The molecule has 3 aromatic heterocycles. The first-order valence-corrected chi connectivity index (χ1v) is 11.4. The fourth-order valence-corrected chi connectivity index (χ4v) is 4.55. The number of rotatable bonds is 7. The zero-order valence-corrected chi connectivity index (χ0v) is 19.0. The van der Waals surface area contributed by atoms with Gasteiger partial charge in [0.25, 0.3) is 5.56 Å². The highest BCUT2D eigenvalue weighted by Gasteiger charge is 2.20. The molecule has 1 aromatic carbocycles. The van der Waals surface area contributed by atoms with Crippen LogP contribution in [0.15, 0.2) is 40.5 Å². The SMILES string of the molecule is CCCCNC(=O)Cc1csc2nc(C)c(-c3cc(C)n(-c4cccc(F)c4)n3)c(=O)n12. The predicted molar refractivity (Wildman–Crippen MR) is 123 cm³/mol. The number of halogens is 1. The number of thiazole rings is 1. The monoisotopic (exact) mass is 453 g/mol. The minimum absolute atomic E-state index is 0.102. The zero-order valence-electron chi connectivity index (χ0n) is 18.2. The van der Waals surface area contributed by atoms with E-state index in [-0.39, 0.29) is 23.7 Å². The molecule has 4 aromatic rings. The van der Waals surface area contributed by atoms with E-state index >= 15 is 0 Å². The van der Waals surface area contributed by atoms with Gasteiger partial charge in [-0.05, 0) is 44.5 Å². The van der Waals surface area contributed by atoms with Crippen molar-refractivity contribution >= 4 is 22.2 Å². The van der Waals surface area contributed by atoms with Gasteiger partial charge >= 0.3 is 0 Å². The lowest BCUT2D eigenvalue weighted by Crippen LogP contribution is -2.28. The molecule has 0 atom stereocenters. The number of benzene rings is 1. The molecule has 0 aliphatic rings. The second kappa shape index (κ2) is 9.04. The van der Waals surface area contributed by atoms with Gasteiger partial charge in [0.15, 0.2) is 4.96 Å². The first-order chi connectivity index (χ1) is 15.4. The summed E-state index contributed by atoms with van der Waals surface area (Å²) in [6.07, 6.45) is 2.01. The molecule has 0 aliphatic heterocycles. The van der Waals surface area contributed by atoms with Crippen molar-refractivity contribution in [2.75, 3.05) is 6.54 Å². The highest BCUT2D eigenvalue weighted by Crippen LogP contribution is 2.23. The molecule has 166 valence electrons. The van der Waals surface area contributed by atoms with E-state index in [4.69, 9.17) is 0 Å². The van der Waals surface area contributed by atoms with Gasteiger partial charge in [-0.3, -0.25) is 14.0 Å². The average molecular weight is 454 g/mol. The third-order valence-electron chi connectivity index (χ3n) is 5.21. The predicted octanol–water partition coefficient (Wildman–Crippen LogP) is 3.82. The van der Waals surface area contributed by atoms with Crippen molar-refractivity contribution in [1.29, 1.82) is 0 Å². The largest absolute Gasteiger partial charge is 0.356 e. The minimum atomic E-state index is -0.363. The van der Waals surface area contributed by atoms with Gasteiger partial charge in [-0.1, -0.05) is 19.4 Å². The molecule has 7 nitrogen and oxygen atoms in total. The highest BCUT2D eigenvalue weighted by molar-refractivity contribution is 7.15. The van der Waals surface area contributed by atoms with E-state index in [1.165, 1.54) is 27.9 Å². The van der Waals surface area contributed by atoms with Gasteiger partial charge in [0.1, 0.15) is 11.5 Å². The Kier molecular flexibility index (Phi) is 6.18. The average Bonchev–Trinajstić information content (AvgIpc) is 3.31. The number of aryl methyl sites for hydroxylation is 2. The van der Waals surface area contributed by atoms with Crippen LogP contribution in [0.4, 0.5) is 4.39 Å². The van der Waals surface area contributed by atoms with Crippen LogP contribution in [0.5, 0.6) is 0 Å². The molecule has 9 heteroatoms. The number of amides is 1. The van der Waals surface area contributed by atoms with Crippen molar-refractivity contribution in [3.05, 3.63) is 69.0 Å². The Morgan fingerprint density at radius 2 is 2.06 bits per heavy atom. The molecule has 32 heavy (non-hydrogen) atoms. The van der Waals surface area contributed by atoms with E-state index < -0.39 is 0 Å². The lowest BCUT2D eigenvalue weighted by Gasteiger charge is -2.07. The maximum atomic E-state index is 13.7. The number of unbranched alkanes of at least 4 members (excludes halogenated alkanes) is 1. The van der Waals surface area contributed by atoms with Gasteiger partial charge in [-0.2, -0.15) is 5.10 Å². The Bertz CT molecular complexity index is 1350. The smallest absolute Gasteiger partial charge is 0.268 e. The van der Waals surface area contributed by atoms with Crippen molar-refractivity contribution in [3.8, 4) is 16.9 Å². The summed E-state index contributed by atoms with van der Waals surface area (Å²) in [7, 11) is 0. The number of hydrogen-bond acceptors (Lipinski definition) is 5. The molecular formula is C23H24FN5O2S. The molecule has 0 aliphatic carbocycles. The maximum Gasteiger partial charge on any atom is 0.268 e. The number of carbonyl (C=O) groups excluding carboxylic acids is 1. The van der Waals surface area contributed by atoms with Crippen LogP contribution in [0, 0.1) is 19.7 Å². The molecular weight excluding hydrogens is 429 g/mol. The summed E-state index contributed by atoms with van der Waals surface area (Å²) in [5.41, 5.74) is 3.04. The molecule has 4 rings (SSSR count). The number of aromatic nitrogens is 4. The Morgan fingerprint density at radius 1 is 1.25 bits per heavy atom. The van der Waals surface area contributed by atoms with Gasteiger partial charge in [0, 0.05) is 23.3 Å². The van der Waals surface area contributed by atoms with Crippen LogP contribution in [0.2, 0.25) is 0 Å². The molecule has 1 amide bonds. The van der Waals surface area contributed by atoms with Crippen molar-refractivity contribution in [2.45, 2.75) is 40.0 Å². The fraction of sp³-hybridized carbons (Fsp3) is 0.304. The minimum Gasteiger partial charge on any atom is -0.356 e. The van der Waals surface area contributed by atoms with Crippen molar-refractivity contribution in [2.24, 2.45) is 0 Å². The first kappa shape index (κ1) is 21.9. The molecule has 0 spiro atoms. The Balaban J connectivity index is 1.75. The van der Waals surface area contributed by atoms with Crippen LogP contribution >= 0.6 is 11.3 Å². The normalized spacial score (nSPS) is 11.2. The van der Waals surface area contributed by atoms with Gasteiger partial charge in [0.05, 0.1) is 23.4 Å². The maximum absolute atomic E-state index is 13.7. The topological polar surface area (TPSA) is 81.3 Å². The van der Waals surface area contributed by atoms with Crippen molar-refractivity contribution < 1.29 is 9.18 Å². The molecule has 0 radical (unpaired) electrons. The quantitative estimate of drug-likeness (QED) is 0.431. The summed E-state index contributed by atoms with van der Waals surface area (Å²) in [6.45, 7) is 6.29. The number of nitrogens with one attached hydrogen (secondary N) is 1. The number of fused-ring (bicyclic) bond motifs is 1. The van der Waals surface area contributed by atoms with Crippen LogP contribution in [0.1, 0.15) is 36.8 Å². The summed E-state index contributed by atoms with van der Waals surface area (Å²) >= 11 is 1.33. The number of nitrogens with zero attached hydrogens (tertiary/aromatic N) is 4. The highest BCUT2D eigenvalue weighted by atomic mass is 32.1. The van der Waals surface area contributed by atoms with E-state index in [0.29, 0.717) is 39.8 Å². The van der Waals surface area contributed by atoms with Crippen LogP contribution in [-0.2, 0) is 11.2 Å². The first-order valence-electron chi connectivity index (χ1n) is 10.5. The van der Waals surface area contributed by atoms with Crippen molar-refractivity contribution in [3.63, 3.8) is 0 Å². The summed E-state index contributed by atoms with van der Waals surface area (Å²) < 4.78 is 16.8. The third-order valence-corrected chi connectivity index (χ3v) is 6.09. The van der Waals surface area contributed by atoms with E-state index in [1.807, 2.05) is 6.92 Å². The second-order valence-electron chi connectivity index (χ2n) is 7.67. The third kappa shape index (κ3) is 4.20. The van der Waals surface area contributed by atoms with Crippen LogP contribution in [0.25, 0.3) is 21.9 Å². The van der Waals surface area contributed by atoms with E-state index in [1.54, 1.807) is 35.2 Å². The van der Waals surface area contributed by atoms with Gasteiger partial charge in [-0.25, -0.2) is 14.1 Å². The summed E-state index contributed by atoms with van der Waals surface area (Å²) in [5.74, 6) is -0.489. The molecule has 0 saturated heterocycles. The molecule has 0 fully saturated rings. The molecule has 0 unspecified atom stereocenters. The molecule has 0 bridgehead atoms. The Morgan fingerprint density at radius 3 is 2.81 bits per heavy atom. The number of hydrogen-bond donors (Lipinski definition) is 1. The summed E-state index contributed by atoms with van der Waals surface area (Å²) in [5, 5.41) is 9.24. The van der Waals surface area contributed by atoms with Gasteiger partial charge in [0.2, 0.25) is 5.91 Å². The van der Waals surface area contributed by atoms with Crippen LogP contribution in [-0.4, -0.2) is 31.6 Å². The molecule has 3 heterocycles. The molecule has 0 saturated carbocycles. The lowest BCUT2D eigenvalue weighted by molar-refractivity contribution is -0.120. The Hall–Kier alpha value is -3.33. The van der Waals surface area contributed by atoms with Gasteiger partial charge in [-0.15, -0.1) is 11.3 Å². The number of carbonyl (C=O) groups is 1. The second-order valence-corrected chi connectivity index (χ2v) is 8.50. The van der Waals surface area contributed by atoms with Crippen molar-refractivity contribution in [1.82, 2.24) is 24.5 Å². The Labute approximate surface area is 188 Å². The van der Waals surface area contributed by atoms with E-state index in [0.717, 1.165) is 18.5 Å². The fourth-order valence-electron chi connectivity index (χ4n) is 3.62. The standard InChI is InChI=1S/C23H24FN5O2S/c1-4-5-9-25-20(30)12-18-13-32-23-26-15(3)21(22(31)28(18)23)19-10-14(2)29(27-19)17-8-6-7-16(24)11-17/h6-8,10-11,13H,4-5,9,12H2,1-3H3,(H,25,30). The van der Waals surface area contributed by atoms with E-state index in [2.05, 4.69) is 22.3 Å². The zero-order chi connectivity index (χ0) is 22.8. The summed E-state index contributed by atoms with van der Waals surface area (Å²) in [4.78, 5) is 30.9. The van der Waals surface area contributed by atoms with E-state index in [9.17, 15) is 14.0 Å². The molecule has 1 N–H and O–H groups in total. The van der Waals surface area contributed by atoms with Crippen LogP contribution in [0.3, 0.4) is 0 Å². The summed E-state index contributed by atoms with van der Waals surface area (Å²) in [6, 6.07) is 7.91. The lowest BCUT2D eigenvalue weighted by atomic mass is 10.1. The van der Waals surface area contributed by atoms with Gasteiger partial charge < -0.3 is 5.32 Å².